The van der Waals surface area contributed by atoms with Gasteiger partial charge in [-0.25, -0.2) is 0 Å². The molecule has 4 heavy (non-hydrogen) atoms. The molecular formula is CH6Cl2Hf. The van der Waals surface area contributed by atoms with E-state index in [-0.39, 0.29) is 58.1 Å². The van der Waals surface area contributed by atoms with Gasteiger partial charge in [-0.1, -0.05) is 7.43 Å². The molecule has 0 heterocycles. The molecule has 0 rings (SSSR count). The summed E-state index contributed by atoms with van der Waals surface area (Å²) in [4.78, 5) is 0. The van der Waals surface area contributed by atoms with Crippen molar-refractivity contribution in [3.8, 4) is 0 Å². The molecule has 0 nitrogen and oxygen atoms in total. The van der Waals surface area contributed by atoms with Gasteiger partial charge in [0.2, 0.25) is 0 Å². The normalized spacial score (nSPS) is 0. The number of hydrogen-bond acceptors (Lipinski definition) is 0. The first-order chi connectivity index (χ1) is 0. The zero-order valence-electron chi connectivity index (χ0n) is 1.32. The quantitative estimate of drug-likeness (QED) is 0.583. The molecule has 28 valence electrons. The summed E-state index contributed by atoms with van der Waals surface area (Å²) in [6, 6.07) is 0. The van der Waals surface area contributed by atoms with E-state index in [1.54, 1.807) is 0 Å². The molecule has 3 heteroatoms. The van der Waals surface area contributed by atoms with Gasteiger partial charge in [0.25, 0.3) is 0 Å². The van der Waals surface area contributed by atoms with Crippen LogP contribution in [0.15, 0.2) is 0 Å². The number of hydrogen-bond donors (Lipinski definition) is 0. The molecule has 0 saturated carbocycles. The van der Waals surface area contributed by atoms with Crippen LogP contribution in [0.25, 0.3) is 0 Å². The Labute approximate surface area is 58.0 Å². The second-order valence-electron chi connectivity index (χ2n) is 0. The van der Waals surface area contributed by atoms with E-state index in [2.05, 4.69) is 0 Å². The molecule has 0 N–H and O–H groups in total. The van der Waals surface area contributed by atoms with E-state index in [1.807, 2.05) is 0 Å². The van der Waals surface area contributed by atoms with Crippen LogP contribution in [0.1, 0.15) is 7.43 Å². The molecule has 0 unspecified atom stereocenters. The molecule has 0 radical (unpaired) electrons. The Balaban J connectivity index is 0. The third-order valence-corrected chi connectivity index (χ3v) is 0. The first-order valence-corrected chi connectivity index (χ1v) is 0. The van der Waals surface area contributed by atoms with Crippen molar-refractivity contribution in [2.45, 2.75) is 7.43 Å². The zero-order chi connectivity index (χ0) is 0. The Morgan fingerprint density at radius 2 is 0.750 bits per heavy atom. The summed E-state index contributed by atoms with van der Waals surface area (Å²) in [6.07, 6.45) is 0. The molecular weight excluding hydrogens is 261 g/mol. The maximum atomic E-state index is 0. The fourth-order valence-electron chi connectivity index (χ4n) is 0. The van der Waals surface area contributed by atoms with Crippen LogP contribution in [0, 0.1) is 0 Å². The predicted octanol–water partition coefficient (Wildman–Crippen LogP) is 1.48. The van der Waals surface area contributed by atoms with Gasteiger partial charge < -0.3 is 0 Å². The van der Waals surface area contributed by atoms with E-state index < -0.39 is 0 Å². The summed E-state index contributed by atoms with van der Waals surface area (Å²) in [5, 5.41) is 0. The SMILES string of the molecule is C.Cl.Cl.[Hf]. The molecule has 0 bridgehead atoms. The van der Waals surface area contributed by atoms with Crippen LogP contribution in [-0.4, -0.2) is 0 Å². The maximum absolute atomic E-state index is 0. The summed E-state index contributed by atoms with van der Waals surface area (Å²) < 4.78 is 0. The van der Waals surface area contributed by atoms with Crippen molar-refractivity contribution < 1.29 is 25.8 Å². The van der Waals surface area contributed by atoms with Crippen molar-refractivity contribution in [3.05, 3.63) is 0 Å². The topological polar surface area (TPSA) is 0 Å². The molecule has 0 aromatic heterocycles. The fraction of sp³-hybridized carbons (Fsp3) is 1.00. The molecule has 0 aromatic carbocycles. The summed E-state index contributed by atoms with van der Waals surface area (Å²) in [7, 11) is 0. The average molecular weight is 267 g/mol. The first-order valence-electron chi connectivity index (χ1n) is 0. The van der Waals surface area contributed by atoms with Crippen molar-refractivity contribution in [1.29, 1.82) is 0 Å². The Hall–Kier alpha value is 1.45. The van der Waals surface area contributed by atoms with E-state index in [0.717, 1.165) is 0 Å². The molecule has 0 aliphatic carbocycles. The standard InChI is InChI=1S/CH4.2ClH.Hf/h1H4;2*1H;. The second kappa shape index (κ2) is 25.2. The molecule has 0 amide bonds. The summed E-state index contributed by atoms with van der Waals surface area (Å²) in [5.74, 6) is 0. The molecule has 0 aliphatic heterocycles. The van der Waals surface area contributed by atoms with Crippen LogP contribution in [0.2, 0.25) is 0 Å². The van der Waals surface area contributed by atoms with E-state index >= 15 is 0 Å². The van der Waals surface area contributed by atoms with Gasteiger partial charge in [-0.05, 0) is 0 Å². The Morgan fingerprint density at radius 3 is 0.750 bits per heavy atom. The van der Waals surface area contributed by atoms with Crippen molar-refractivity contribution >= 4 is 24.8 Å². The molecule has 0 saturated heterocycles. The molecule has 0 aromatic rings. The average Bonchev–Trinajstić information content (AvgIpc) is 0. The van der Waals surface area contributed by atoms with Gasteiger partial charge in [-0.3, -0.25) is 0 Å². The Kier molecular flexibility index (Phi) is 323. The molecule has 0 aliphatic rings. The van der Waals surface area contributed by atoms with Gasteiger partial charge in [0.1, 0.15) is 0 Å². The van der Waals surface area contributed by atoms with Crippen LogP contribution >= 0.6 is 24.8 Å². The smallest absolute Gasteiger partial charge is 0 e. The number of halogens is 2. The maximum Gasteiger partial charge on any atom is 0 e. The van der Waals surface area contributed by atoms with E-state index in [1.165, 1.54) is 0 Å². The van der Waals surface area contributed by atoms with E-state index in [4.69, 9.17) is 0 Å². The van der Waals surface area contributed by atoms with Crippen LogP contribution in [0.5, 0.6) is 0 Å². The third-order valence-electron chi connectivity index (χ3n) is 0. The van der Waals surface area contributed by atoms with Crippen molar-refractivity contribution in [2.75, 3.05) is 0 Å². The Bertz CT molecular complexity index is 6.00. The van der Waals surface area contributed by atoms with Crippen LogP contribution in [0.4, 0.5) is 0 Å². The van der Waals surface area contributed by atoms with E-state index in [0.29, 0.717) is 0 Å². The predicted molar refractivity (Wildman–Crippen MR) is 21.2 cm³/mol. The largest absolute Gasteiger partial charge is 0.147 e. The monoisotopic (exact) mass is 268 g/mol. The van der Waals surface area contributed by atoms with Crippen molar-refractivity contribution in [3.63, 3.8) is 0 Å². The molecule has 0 spiro atoms. The van der Waals surface area contributed by atoms with Crippen LogP contribution in [0.3, 0.4) is 0 Å². The van der Waals surface area contributed by atoms with Gasteiger partial charge in [0, 0.05) is 25.8 Å². The minimum absolute atomic E-state index is 0. The second-order valence-corrected chi connectivity index (χ2v) is 0. The van der Waals surface area contributed by atoms with E-state index in [9.17, 15) is 0 Å². The molecule has 0 atom stereocenters. The first kappa shape index (κ1) is 51.3. The fourth-order valence-corrected chi connectivity index (χ4v) is 0. The zero-order valence-corrected chi connectivity index (χ0v) is 6.54. The van der Waals surface area contributed by atoms with Gasteiger partial charge in [-0.2, -0.15) is 0 Å². The summed E-state index contributed by atoms with van der Waals surface area (Å²) in [5.41, 5.74) is 0. The van der Waals surface area contributed by atoms with Gasteiger partial charge in [0.05, 0.1) is 0 Å². The third kappa shape index (κ3) is 9.85. The minimum atomic E-state index is 0. The van der Waals surface area contributed by atoms with Crippen LogP contribution < -0.4 is 0 Å². The summed E-state index contributed by atoms with van der Waals surface area (Å²) >= 11 is 0. The van der Waals surface area contributed by atoms with Crippen LogP contribution in [-0.2, 0) is 25.8 Å². The Morgan fingerprint density at radius 1 is 0.750 bits per heavy atom. The van der Waals surface area contributed by atoms with Gasteiger partial charge >= 0.3 is 0 Å². The number of rotatable bonds is 0. The molecule has 0 fully saturated rings. The minimum Gasteiger partial charge on any atom is -0.147 e. The summed E-state index contributed by atoms with van der Waals surface area (Å²) in [6.45, 7) is 0. The van der Waals surface area contributed by atoms with Gasteiger partial charge in [-0.15, -0.1) is 24.8 Å². The van der Waals surface area contributed by atoms with Crippen molar-refractivity contribution in [1.82, 2.24) is 0 Å². The van der Waals surface area contributed by atoms with Crippen molar-refractivity contribution in [2.24, 2.45) is 0 Å². The van der Waals surface area contributed by atoms with Gasteiger partial charge in [0.15, 0.2) is 0 Å².